The van der Waals surface area contributed by atoms with Gasteiger partial charge in [-0.05, 0) is 37.8 Å². The average Bonchev–Trinajstić information content (AvgIpc) is 2.91. The highest BCUT2D eigenvalue weighted by molar-refractivity contribution is 6.31. The molecule has 1 aromatic carbocycles. The van der Waals surface area contributed by atoms with E-state index < -0.39 is 22.9 Å². The lowest BCUT2D eigenvalue weighted by Crippen LogP contribution is -2.54. The number of morpholine rings is 1. The van der Waals surface area contributed by atoms with Crippen molar-refractivity contribution in [3.63, 3.8) is 0 Å². The van der Waals surface area contributed by atoms with E-state index in [1.165, 1.54) is 19.5 Å². The minimum Gasteiger partial charge on any atom is -0.493 e. The van der Waals surface area contributed by atoms with Gasteiger partial charge < -0.3 is 19.5 Å². The zero-order valence-electron chi connectivity index (χ0n) is 20.8. The second-order valence-electron chi connectivity index (χ2n) is 9.67. The Bertz CT molecular complexity index is 1210. The van der Waals surface area contributed by atoms with Crippen LogP contribution in [0.25, 0.3) is 10.9 Å². The molecule has 2 heterocycles. The third-order valence-electron chi connectivity index (χ3n) is 7.45. The molecule has 12 heteroatoms. The van der Waals surface area contributed by atoms with E-state index in [2.05, 4.69) is 20.2 Å². The van der Waals surface area contributed by atoms with Crippen LogP contribution in [0.1, 0.15) is 25.7 Å². The van der Waals surface area contributed by atoms with Crippen molar-refractivity contribution in [3.8, 4) is 11.5 Å². The van der Waals surface area contributed by atoms with E-state index in [9.17, 15) is 13.2 Å². The molecule has 7 nitrogen and oxygen atoms in total. The molecule has 2 fully saturated rings. The highest BCUT2D eigenvalue weighted by atomic mass is 35.5. The smallest absolute Gasteiger partial charge is 0.430 e. The number of fused-ring (bicyclic) bond motifs is 1. The molecular formula is C26H29ClF4N4O3. The summed E-state index contributed by atoms with van der Waals surface area (Å²) in [6.07, 6.45) is 2.84. The van der Waals surface area contributed by atoms with Crippen LogP contribution in [0.5, 0.6) is 11.5 Å². The lowest BCUT2D eigenvalue weighted by Gasteiger charge is -2.38. The second-order valence-corrected chi connectivity index (χ2v) is 10.1. The number of anilines is 1. The number of nitrogens with one attached hydrogen (secondary N) is 1. The number of hydrogen-bond acceptors (Lipinski definition) is 7. The summed E-state index contributed by atoms with van der Waals surface area (Å²) >= 11 is 5.72. The molecule has 2 aromatic rings. The van der Waals surface area contributed by atoms with E-state index in [0.717, 1.165) is 64.1 Å². The molecule has 1 saturated carbocycles. The molecule has 206 valence electrons. The zero-order chi connectivity index (χ0) is 26.9. The fourth-order valence-electron chi connectivity index (χ4n) is 5.34. The van der Waals surface area contributed by atoms with Gasteiger partial charge >= 0.3 is 6.18 Å². The van der Waals surface area contributed by atoms with Crippen molar-refractivity contribution in [2.24, 2.45) is 0 Å². The van der Waals surface area contributed by atoms with Crippen molar-refractivity contribution in [1.82, 2.24) is 14.9 Å². The van der Waals surface area contributed by atoms with Gasteiger partial charge in [0.05, 0.1) is 43.0 Å². The first-order chi connectivity index (χ1) is 18.2. The number of alkyl halides is 4. The number of ether oxygens (including phenoxy) is 3. The Balaban J connectivity index is 1.37. The van der Waals surface area contributed by atoms with Crippen LogP contribution in [-0.4, -0.2) is 78.3 Å². The van der Waals surface area contributed by atoms with E-state index in [1.807, 2.05) is 0 Å². The van der Waals surface area contributed by atoms with Crippen molar-refractivity contribution in [3.05, 3.63) is 41.7 Å². The molecule has 1 N–H and O–H groups in total. The van der Waals surface area contributed by atoms with Crippen LogP contribution in [0.2, 0.25) is 0 Å². The fraction of sp³-hybridized carbons (Fsp3) is 0.538. The maximum atomic E-state index is 15.4. The number of halogens is 5. The van der Waals surface area contributed by atoms with Crippen LogP contribution >= 0.6 is 11.6 Å². The predicted octanol–water partition coefficient (Wildman–Crippen LogP) is 5.40. The van der Waals surface area contributed by atoms with Gasteiger partial charge in [0.25, 0.3) is 5.67 Å². The molecule has 3 aliphatic rings. The van der Waals surface area contributed by atoms with Gasteiger partial charge in [0.15, 0.2) is 11.5 Å². The number of nitrogens with zero attached hydrogens (tertiary/aromatic N) is 3. The standard InChI is InChI=1S/C26H29ClF4N4O3/c1-36-20-14-19-18(13-21(20)38-17-7-5-16(6-8-17)35-9-11-37-12-10-35)24(33-15-32-19)34-23-4-2-3-22(27)25(23,28)26(29,30)31/h2-4,13-17,23H,5-12H2,1H3,(H,32,33,34). The van der Waals surface area contributed by atoms with E-state index in [0.29, 0.717) is 28.4 Å². The zero-order valence-corrected chi connectivity index (χ0v) is 21.6. The highest BCUT2D eigenvalue weighted by Crippen LogP contribution is 2.47. The molecule has 0 spiro atoms. The van der Waals surface area contributed by atoms with Gasteiger partial charge in [-0.15, -0.1) is 0 Å². The summed E-state index contributed by atoms with van der Waals surface area (Å²) in [5.74, 6) is 0.883. The molecule has 2 unspecified atom stereocenters. The monoisotopic (exact) mass is 556 g/mol. The average molecular weight is 557 g/mol. The maximum Gasteiger partial charge on any atom is 0.430 e. The van der Waals surface area contributed by atoms with E-state index in [1.54, 1.807) is 12.1 Å². The van der Waals surface area contributed by atoms with Crippen LogP contribution in [0, 0.1) is 0 Å². The van der Waals surface area contributed by atoms with Gasteiger partial charge in [-0.3, -0.25) is 4.90 Å². The summed E-state index contributed by atoms with van der Waals surface area (Å²) in [6, 6.07) is 1.93. The normalized spacial score (nSPS) is 28.7. The summed E-state index contributed by atoms with van der Waals surface area (Å²) in [4.78, 5) is 10.8. The largest absolute Gasteiger partial charge is 0.493 e. The quantitative estimate of drug-likeness (QED) is 0.478. The van der Waals surface area contributed by atoms with Crippen molar-refractivity contribution in [2.75, 3.05) is 38.7 Å². The molecule has 1 aromatic heterocycles. The minimum absolute atomic E-state index is 0.0193. The van der Waals surface area contributed by atoms with Crippen molar-refractivity contribution >= 4 is 28.3 Å². The lowest BCUT2D eigenvalue weighted by molar-refractivity contribution is -0.215. The van der Waals surface area contributed by atoms with Crippen molar-refractivity contribution in [1.29, 1.82) is 0 Å². The van der Waals surface area contributed by atoms with Gasteiger partial charge in [-0.1, -0.05) is 23.8 Å². The maximum absolute atomic E-state index is 15.4. The number of benzene rings is 1. The first-order valence-corrected chi connectivity index (χ1v) is 13.0. The van der Waals surface area contributed by atoms with Gasteiger partial charge in [-0.25, -0.2) is 14.4 Å². The number of hydrogen-bond donors (Lipinski definition) is 1. The molecular weight excluding hydrogens is 528 g/mol. The molecule has 2 atom stereocenters. The molecule has 0 bridgehead atoms. The SMILES string of the molecule is COc1cc2ncnc(NC3C=CC=C(Cl)C3(F)C(F)(F)F)c2cc1OC1CCC(N2CCOCC2)CC1. The summed E-state index contributed by atoms with van der Waals surface area (Å²) < 4.78 is 73.9. The molecule has 1 saturated heterocycles. The summed E-state index contributed by atoms with van der Waals surface area (Å²) in [5, 5.41) is 2.00. The van der Waals surface area contributed by atoms with Gasteiger partial charge in [0.1, 0.15) is 12.1 Å². The van der Waals surface area contributed by atoms with Crippen LogP contribution in [0.4, 0.5) is 23.4 Å². The van der Waals surface area contributed by atoms with Crippen LogP contribution in [0.3, 0.4) is 0 Å². The Morgan fingerprint density at radius 3 is 2.53 bits per heavy atom. The summed E-state index contributed by atoms with van der Waals surface area (Å²) in [5.41, 5.74) is -3.41. The molecule has 5 rings (SSSR count). The summed E-state index contributed by atoms with van der Waals surface area (Å²) in [7, 11) is 1.51. The van der Waals surface area contributed by atoms with E-state index in [4.69, 9.17) is 25.8 Å². The number of allylic oxidation sites excluding steroid dienone is 2. The highest BCUT2D eigenvalue weighted by Gasteiger charge is 2.63. The van der Waals surface area contributed by atoms with Crippen LogP contribution in [0.15, 0.2) is 41.7 Å². The molecule has 0 amide bonds. The third-order valence-corrected chi connectivity index (χ3v) is 7.85. The van der Waals surface area contributed by atoms with Crippen molar-refractivity contribution in [2.45, 2.75) is 55.7 Å². The Hall–Kier alpha value is -2.63. The molecule has 2 aliphatic carbocycles. The first-order valence-electron chi connectivity index (χ1n) is 12.6. The lowest BCUT2D eigenvalue weighted by atomic mass is 9.90. The van der Waals surface area contributed by atoms with Crippen molar-refractivity contribution < 1.29 is 31.8 Å². The number of aromatic nitrogens is 2. The van der Waals surface area contributed by atoms with E-state index >= 15 is 4.39 Å². The Labute approximate surface area is 222 Å². The van der Waals surface area contributed by atoms with Gasteiger partial charge in [-0.2, -0.15) is 13.2 Å². The first kappa shape index (κ1) is 27.0. The minimum atomic E-state index is -5.25. The third kappa shape index (κ3) is 5.15. The second kappa shape index (κ2) is 10.9. The Morgan fingerprint density at radius 1 is 1.11 bits per heavy atom. The van der Waals surface area contributed by atoms with Gasteiger partial charge in [0, 0.05) is 30.6 Å². The van der Waals surface area contributed by atoms with Crippen LogP contribution < -0.4 is 14.8 Å². The topological polar surface area (TPSA) is 68.7 Å². The van der Waals surface area contributed by atoms with E-state index in [-0.39, 0.29) is 11.9 Å². The van der Waals surface area contributed by atoms with Crippen LogP contribution in [-0.2, 0) is 4.74 Å². The number of rotatable bonds is 6. The predicted molar refractivity (Wildman–Crippen MR) is 136 cm³/mol. The number of methoxy groups -OCH3 is 1. The molecule has 38 heavy (non-hydrogen) atoms. The molecule has 1 aliphatic heterocycles. The molecule has 0 radical (unpaired) electrons. The summed E-state index contributed by atoms with van der Waals surface area (Å²) in [6.45, 7) is 3.40. The Morgan fingerprint density at radius 2 is 1.84 bits per heavy atom. The Kier molecular flexibility index (Phi) is 7.70. The fourth-order valence-corrected chi connectivity index (χ4v) is 5.64. The van der Waals surface area contributed by atoms with Gasteiger partial charge in [0.2, 0.25) is 0 Å².